The quantitative estimate of drug-likeness (QED) is 0.109. The Kier molecular flexibility index (Phi) is 8.94. The minimum absolute atomic E-state index is 0.117. The number of fused-ring (bicyclic) bond motifs is 1. The van der Waals surface area contributed by atoms with E-state index in [1.54, 1.807) is 26.5 Å². The number of nitrogens with one attached hydrogen (secondary N) is 1. The molecule has 5 rings (SSSR count). The number of para-hydroxylation sites is 1. The van der Waals surface area contributed by atoms with Gasteiger partial charge in [-0.15, -0.1) is 12.3 Å². The molecule has 2 atom stereocenters. The van der Waals surface area contributed by atoms with E-state index < -0.39 is 17.9 Å². The summed E-state index contributed by atoms with van der Waals surface area (Å²) in [5.41, 5.74) is 7.00. The lowest BCUT2D eigenvalue weighted by Crippen LogP contribution is -2.32. The summed E-state index contributed by atoms with van der Waals surface area (Å²) in [5.74, 6) is 4.06. The summed E-state index contributed by atoms with van der Waals surface area (Å²) >= 11 is 6.36. The molecule has 0 saturated heterocycles. The van der Waals surface area contributed by atoms with Crippen molar-refractivity contribution in [3.63, 3.8) is 0 Å². The molecule has 2 unspecified atom stereocenters. The molecule has 0 amide bonds. The van der Waals surface area contributed by atoms with Gasteiger partial charge in [-0.25, -0.2) is 15.0 Å². The van der Waals surface area contributed by atoms with Crippen LogP contribution in [-0.4, -0.2) is 56.1 Å². The molecule has 0 radical (unpaired) electrons. The van der Waals surface area contributed by atoms with Crippen LogP contribution in [0.25, 0.3) is 22.4 Å². The lowest BCUT2D eigenvalue weighted by molar-refractivity contribution is -0.0217. The van der Waals surface area contributed by atoms with Gasteiger partial charge in [-0.2, -0.15) is 0 Å². The van der Waals surface area contributed by atoms with Crippen molar-refractivity contribution in [3.05, 3.63) is 65.0 Å². The van der Waals surface area contributed by atoms with E-state index in [1.165, 1.54) is 6.20 Å². The molecule has 1 fully saturated rings. The Morgan fingerprint density at radius 3 is 2.60 bits per heavy atom. The lowest BCUT2D eigenvalue weighted by Gasteiger charge is -2.32. The van der Waals surface area contributed by atoms with E-state index in [0.717, 1.165) is 31.2 Å². The summed E-state index contributed by atoms with van der Waals surface area (Å²) in [6, 6.07) is 9.35. The SMILES string of the molecule is C#C[C@H]1CC[C@H](Cn2c(C(C)(OC)c3ccccc3OC)nc3nc(C(=N)OC(N)O)nc(-c4cncc(Cl)c4)c32)CC1. The van der Waals surface area contributed by atoms with Crippen LogP contribution in [0.5, 0.6) is 5.75 Å². The average molecular weight is 604 g/mol. The molecular formula is C31H34ClN7O4. The number of benzene rings is 1. The monoisotopic (exact) mass is 603 g/mol. The van der Waals surface area contributed by atoms with Crippen LogP contribution >= 0.6 is 11.6 Å². The topological polar surface area (TPSA) is 154 Å². The number of aliphatic hydroxyl groups excluding tert-OH is 1. The van der Waals surface area contributed by atoms with E-state index >= 15 is 0 Å². The Morgan fingerprint density at radius 1 is 1.21 bits per heavy atom. The minimum atomic E-state index is -1.73. The van der Waals surface area contributed by atoms with Crippen molar-refractivity contribution in [3.8, 4) is 29.4 Å². The average Bonchev–Trinajstić information content (AvgIpc) is 3.38. The van der Waals surface area contributed by atoms with Gasteiger partial charge >= 0.3 is 0 Å². The first-order valence-corrected chi connectivity index (χ1v) is 14.3. The Bertz CT molecular complexity index is 1680. The van der Waals surface area contributed by atoms with Gasteiger partial charge in [-0.1, -0.05) is 29.8 Å². The minimum Gasteiger partial charge on any atom is -0.496 e. The maximum Gasteiger partial charge on any atom is 0.256 e. The van der Waals surface area contributed by atoms with Crippen molar-refractivity contribution in [2.75, 3.05) is 14.2 Å². The summed E-state index contributed by atoms with van der Waals surface area (Å²) in [4.78, 5) is 18.6. The van der Waals surface area contributed by atoms with Gasteiger partial charge in [0.25, 0.3) is 12.3 Å². The summed E-state index contributed by atoms with van der Waals surface area (Å²) in [6.45, 7) is 2.53. The highest BCUT2D eigenvalue weighted by Gasteiger charge is 2.39. The molecule has 3 aromatic heterocycles. The number of terminal acetylenes is 1. The smallest absolute Gasteiger partial charge is 0.256 e. The third-order valence-electron chi connectivity index (χ3n) is 8.00. The van der Waals surface area contributed by atoms with Gasteiger partial charge in [-0.3, -0.25) is 16.1 Å². The fraction of sp³-hybridized carbons (Fsp3) is 0.387. The van der Waals surface area contributed by atoms with Gasteiger partial charge in [0, 0.05) is 43.1 Å². The van der Waals surface area contributed by atoms with E-state index in [0.29, 0.717) is 51.5 Å². The second-order valence-corrected chi connectivity index (χ2v) is 11.1. The van der Waals surface area contributed by atoms with Crippen molar-refractivity contribution in [2.24, 2.45) is 17.6 Å². The zero-order valence-corrected chi connectivity index (χ0v) is 25.0. The fourth-order valence-corrected chi connectivity index (χ4v) is 5.90. The maximum absolute atomic E-state index is 9.57. The number of aliphatic hydroxyl groups is 1. The van der Waals surface area contributed by atoms with E-state index in [1.807, 2.05) is 31.2 Å². The molecule has 4 aromatic rings. The first kappa shape index (κ1) is 30.4. The number of halogens is 1. The second kappa shape index (κ2) is 12.7. The molecule has 12 heteroatoms. The number of aromatic nitrogens is 5. The van der Waals surface area contributed by atoms with Crippen molar-refractivity contribution >= 4 is 28.7 Å². The normalized spacial score (nSPS) is 18.9. The molecule has 1 aromatic carbocycles. The molecule has 4 N–H and O–H groups in total. The highest BCUT2D eigenvalue weighted by Crippen LogP contribution is 2.41. The Hall–Kier alpha value is -4.08. The van der Waals surface area contributed by atoms with Gasteiger partial charge in [0.1, 0.15) is 22.8 Å². The molecule has 1 aliphatic carbocycles. The predicted octanol–water partition coefficient (Wildman–Crippen LogP) is 4.48. The predicted molar refractivity (Wildman–Crippen MR) is 162 cm³/mol. The van der Waals surface area contributed by atoms with Crippen LogP contribution in [0.2, 0.25) is 5.02 Å². The molecule has 11 nitrogen and oxygen atoms in total. The summed E-state index contributed by atoms with van der Waals surface area (Å²) in [6.07, 6.45) is 11.0. The first-order valence-electron chi connectivity index (χ1n) is 13.9. The van der Waals surface area contributed by atoms with Crippen LogP contribution in [-0.2, 0) is 21.6 Å². The largest absolute Gasteiger partial charge is 0.496 e. The van der Waals surface area contributed by atoms with E-state index in [9.17, 15) is 5.11 Å². The fourth-order valence-electron chi connectivity index (χ4n) is 5.73. The number of methoxy groups -OCH3 is 2. The molecule has 0 bridgehead atoms. The highest BCUT2D eigenvalue weighted by atomic mass is 35.5. The number of ether oxygens (including phenoxy) is 3. The zero-order chi connectivity index (χ0) is 30.7. The number of rotatable bonds is 9. The number of nitrogens with two attached hydrogens (primary N) is 1. The standard InChI is InChI=1S/C31H34ClN7O4/c1-5-18-10-12-19(13-11-18)17-39-25-24(20-14-21(32)16-35-15-20)36-28(26(33)43-30(34)40)37-27(25)38-29(39)31(2,42-4)22-8-6-7-9-23(22)41-3/h1,6-9,14-16,18-19,30,33,40H,10-13,17,34H2,2-4H3/t18-,19-,30?,31?. The van der Waals surface area contributed by atoms with E-state index in [2.05, 4.69) is 20.5 Å². The van der Waals surface area contributed by atoms with Crippen LogP contribution < -0.4 is 10.5 Å². The molecule has 0 aliphatic heterocycles. The molecule has 0 spiro atoms. The molecule has 1 aliphatic rings. The van der Waals surface area contributed by atoms with E-state index in [-0.39, 0.29) is 11.7 Å². The van der Waals surface area contributed by atoms with Gasteiger partial charge in [-0.05, 0) is 50.7 Å². The number of pyridine rings is 1. The molecule has 1 saturated carbocycles. The number of nitrogens with zero attached hydrogens (tertiary/aromatic N) is 5. The summed E-state index contributed by atoms with van der Waals surface area (Å²) in [7, 11) is 3.24. The third kappa shape index (κ3) is 6.05. The third-order valence-corrected chi connectivity index (χ3v) is 8.21. The molecule has 3 heterocycles. The van der Waals surface area contributed by atoms with Crippen molar-refractivity contribution < 1.29 is 19.3 Å². The lowest BCUT2D eigenvalue weighted by atomic mass is 9.82. The Labute approximate surface area is 254 Å². The Morgan fingerprint density at radius 2 is 1.95 bits per heavy atom. The van der Waals surface area contributed by atoms with E-state index in [4.69, 9.17) is 53.3 Å². The first-order chi connectivity index (χ1) is 20.7. The van der Waals surface area contributed by atoms with Crippen LogP contribution in [0.3, 0.4) is 0 Å². The van der Waals surface area contributed by atoms with Crippen LogP contribution in [0.1, 0.15) is 49.8 Å². The molecule has 43 heavy (non-hydrogen) atoms. The van der Waals surface area contributed by atoms with Crippen LogP contribution in [0, 0.1) is 29.6 Å². The van der Waals surface area contributed by atoms with Gasteiger partial charge in [0.05, 0.1) is 12.1 Å². The zero-order valence-electron chi connectivity index (χ0n) is 24.2. The van der Waals surface area contributed by atoms with Crippen molar-refractivity contribution in [2.45, 2.75) is 51.2 Å². The van der Waals surface area contributed by atoms with Crippen molar-refractivity contribution in [1.82, 2.24) is 24.5 Å². The second-order valence-electron chi connectivity index (χ2n) is 10.7. The number of hydrogen-bond acceptors (Lipinski definition) is 10. The molecular weight excluding hydrogens is 570 g/mol. The Balaban J connectivity index is 1.80. The van der Waals surface area contributed by atoms with Gasteiger partial charge in [0.15, 0.2) is 11.2 Å². The van der Waals surface area contributed by atoms with Gasteiger partial charge < -0.3 is 23.9 Å². The summed E-state index contributed by atoms with van der Waals surface area (Å²) in [5, 5.41) is 18.3. The number of hydrogen-bond donors (Lipinski definition) is 3. The van der Waals surface area contributed by atoms with Crippen LogP contribution in [0.4, 0.5) is 0 Å². The maximum atomic E-state index is 9.57. The van der Waals surface area contributed by atoms with Gasteiger partial charge in [0.2, 0.25) is 5.82 Å². The highest BCUT2D eigenvalue weighted by molar-refractivity contribution is 6.30. The van der Waals surface area contributed by atoms with Crippen LogP contribution in [0.15, 0.2) is 42.7 Å². The molecule has 224 valence electrons. The number of imidazole rings is 1. The van der Waals surface area contributed by atoms with Crippen molar-refractivity contribution in [1.29, 1.82) is 5.41 Å². The summed E-state index contributed by atoms with van der Waals surface area (Å²) < 4.78 is 19.1.